The molecule has 0 saturated carbocycles. The monoisotopic (exact) mass is 335 g/mol. The van der Waals surface area contributed by atoms with Crippen LogP contribution in [0.5, 0.6) is 0 Å². The Hall–Kier alpha value is -3.01. The molecule has 2 aromatic carbocycles. The van der Waals surface area contributed by atoms with Gasteiger partial charge in [0.1, 0.15) is 5.82 Å². The highest BCUT2D eigenvalue weighted by Crippen LogP contribution is 2.29. The Bertz CT molecular complexity index is 984. The molecule has 3 nitrogen and oxygen atoms in total. The van der Waals surface area contributed by atoms with Crippen molar-refractivity contribution >= 4 is 28.5 Å². The lowest BCUT2D eigenvalue weighted by molar-refractivity contribution is -0.112. The van der Waals surface area contributed by atoms with Gasteiger partial charge >= 0.3 is 0 Å². The van der Waals surface area contributed by atoms with E-state index in [4.69, 9.17) is 0 Å². The highest BCUT2D eigenvalue weighted by atomic mass is 19.1. The molecule has 3 aromatic rings. The average Bonchev–Trinajstić information content (AvgIpc) is 2.92. The first-order valence-corrected chi connectivity index (χ1v) is 8.01. The summed E-state index contributed by atoms with van der Waals surface area (Å²) in [4.78, 5) is 23.4. The molecule has 0 N–H and O–H groups in total. The first kappa shape index (κ1) is 16.8. The summed E-state index contributed by atoms with van der Waals surface area (Å²) in [6.07, 6.45) is 4.70. The molecule has 0 aliphatic rings. The predicted octanol–water partition coefficient (Wildman–Crippen LogP) is 4.63. The van der Waals surface area contributed by atoms with Gasteiger partial charge in [-0.2, -0.15) is 0 Å². The van der Waals surface area contributed by atoms with E-state index in [2.05, 4.69) is 0 Å². The molecule has 0 amide bonds. The van der Waals surface area contributed by atoms with E-state index in [1.54, 1.807) is 12.3 Å². The van der Waals surface area contributed by atoms with Gasteiger partial charge < -0.3 is 4.57 Å². The van der Waals surface area contributed by atoms with Gasteiger partial charge in [-0.15, -0.1) is 0 Å². The van der Waals surface area contributed by atoms with Gasteiger partial charge in [-0.25, -0.2) is 4.39 Å². The molecule has 0 fully saturated rings. The van der Waals surface area contributed by atoms with Crippen molar-refractivity contribution in [1.82, 2.24) is 4.57 Å². The Kier molecular flexibility index (Phi) is 4.61. The fourth-order valence-corrected chi connectivity index (χ4v) is 2.94. The Balaban J connectivity index is 2.22. The van der Waals surface area contributed by atoms with Crippen LogP contribution in [0.15, 0.2) is 54.7 Å². The standard InChI is InChI=1S/C21H18FNO2/c1-14(24)8-9-17-10-18(22)11-20-21(17)19(15(2)25)13-23(20)12-16-6-4-3-5-7-16/h3-11,13H,12H2,1-2H3/b9-8+. The van der Waals surface area contributed by atoms with Crippen LogP contribution in [0, 0.1) is 5.82 Å². The van der Waals surface area contributed by atoms with Gasteiger partial charge in [0.2, 0.25) is 0 Å². The van der Waals surface area contributed by atoms with Crippen LogP contribution in [0.1, 0.15) is 35.3 Å². The molecule has 0 radical (unpaired) electrons. The normalized spacial score (nSPS) is 11.3. The van der Waals surface area contributed by atoms with E-state index in [0.29, 0.717) is 28.6 Å². The molecule has 0 aliphatic heterocycles. The lowest BCUT2D eigenvalue weighted by Crippen LogP contribution is -1.98. The van der Waals surface area contributed by atoms with E-state index < -0.39 is 5.82 Å². The first-order chi connectivity index (χ1) is 12.0. The number of carbonyl (C=O) groups excluding carboxylic acids is 2. The fraction of sp³-hybridized carbons (Fsp3) is 0.143. The number of carbonyl (C=O) groups is 2. The molecule has 1 aromatic heterocycles. The van der Waals surface area contributed by atoms with E-state index in [1.165, 1.54) is 32.1 Å². The summed E-state index contributed by atoms with van der Waals surface area (Å²) in [5.74, 6) is -0.635. The largest absolute Gasteiger partial charge is 0.342 e. The van der Waals surface area contributed by atoms with Crippen LogP contribution >= 0.6 is 0 Å². The molecule has 0 aliphatic carbocycles. The van der Waals surface area contributed by atoms with Crippen LogP contribution in [-0.2, 0) is 11.3 Å². The average molecular weight is 335 g/mol. The molecule has 126 valence electrons. The van der Waals surface area contributed by atoms with Crippen molar-refractivity contribution in [2.45, 2.75) is 20.4 Å². The maximum atomic E-state index is 14.1. The molecular formula is C21H18FNO2. The zero-order valence-electron chi connectivity index (χ0n) is 14.1. The second-order valence-electron chi connectivity index (χ2n) is 6.05. The number of Topliss-reactive ketones (excluding diaryl/α,β-unsaturated/α-hetero) is 1. The van der Waals surface area contributed by atoms with E-state index in [-0.39, 0.29) is 11.6 Å². The topological polar surface area (TPSA) is 39.1 Å². The second kappa shape index (κ2) is 6.85. The summed E-state index contributed by atoms with van der Waals surface area (Å²) >= 11 is 0. The van der Waals surface area contributed by atoms with E-state index in [1.807, 2.05) is 34.9 Å². The number of ketones is 2. The molecular weight excluding hydrogens is 317 g/mol. The minimum atomic E-state index is -0.404. The number of benzene rings is 2. The zero-order valence-corrected chi connectivity index (χ0v) is 14.1. The predicted molar refractivity (Wildman–Crippen MR) is 97.2 cm³/mol. The number of fused-ring (bicyclic) bond motifs is 1. The third-order valence-corrected chi connectivity index (χ3v) is 4.05. The van der Waals surface area contributed by atoms with Crippen molar-refractivity contribution in [3.8, 4) is 0 Å². The number of hydrogen-bond acceptors (Lipinski definition) is 2. The molecule has 0 atom stereocenters. The summed E-state index contributed by atoms with van der Waals surface area (Å²) in [7, 11) is 0. The van der Waals surface area contributed by atoms with Crippen molar-refractivity contribution in [2.75, 3.05) is 0 Å². The molecule has 1 heterocycles. The summed E-state index contributed by atoms with van der Waals surface area (Å²) in [5, 5.41) is 0.669. The van der Waals surface area contributed by atoms with Crippen LogP contribution in [0.3, 0.4) is 0 Å². The van der Waals surface area contributed by atoms with E-state index >= 15 is 0 Å². The Morgan fingerprint density at radius 2 is 1.84 bits per heavy atom. The van der Waals surface area contributed by atoms with Crippen LogP contribution in [0.2, 0.25) is 0 Å². The second-order valence-corrected chi connectivity index (χ2v) is 6.05. The highest BCUT2D eigenvalue weighted by Gasteiger charge is 2.16. The molecule has 4 heteroatoms. The third-order valence-electron chi connectivity index (χ3n) is 4.05. The minimum Gasteiger partial charge on any atom is -0.342 e. The maximum Gasteiger partial charge on any atom is 0.161 e. The van der Waals surface area contributed by atoms with Gasteiger partial charge in [-0.3, -0.25) is 9.59 Å². The minimum absolute atomic E-state index is 0.0964. The van der Waals surface area contributed by atoms with Crippen molar-refractivity contribution in [2.24, 2.45) is 0 Å². The number of halogens is 1. The summed E-state index contributed by atoms with van der Waals surface area (Å²) < 4.78 is 16.0. The van der Waals surface area contributed by atoms with Crippen molar-refractivity contribution in [3.63, 3.8) is 0 Å². The van der Waals surface area contributed by atoms with Crippen LogP contribution in [-0.4, -0.2) is 16.1 Å². The summed E-state index contributed by atoms with van der Waals surface area (Å²) in [6.45, 7) is 3.45. The van der Waals surface area contributed by atoms with Crippen LogP contribution < -0.4 is 0 Å². The molecule has 0 unspecified atom stereocenters. The lowest BCUT2D eigenvalue weighted by atomic mass is 10.0. The first-order valence-electron chi connectivity index (χ1n) is 8.01. The number of nitrogens with zero attached hydrogens (tertiary/aromatic N) is 1. The Morgan fingerprint density at radius 1 is 1.12 bits per heavy atom. The zero-order chi connectivity index (χ0) is 18.0. The number of aromatic nitrogens is 1. The number of rotatable bonds is 5. The molecule has 0 bridgehead atoms. The van der Waals surface area contributed by atoms with Crippen LogP contribution in [0.25, 0.3) is 17.0 Å². The molecule has 3 rings (SSSR count). The van der Waals surface area contributed by atoms with Gasteiger partial charge in [0.15, 0.2) is 11.6 Å². The third kappa shape index (κ3) is 3.58. The molecule has 0 spiro atoms. The van der Waals surface area contributed by atoms with Gasteiger partial charge in [0, 0.05) is 23.7 Å². The quantitative estimate of drug-likeness (QED) is 0.503. The Labute approximate surface area is 145 Å². The molecule has 25 heavy (non-hydrogen) atoms. The lowest BCUT2D eigenvalue weighted by Gasteiger charge is -2.07. The van der Waals surface area contributed by atoms with Crippen molar-refractivity contribution in [1.29, 1.82) is 0 Å². The van der Waals surface area contributed by atoms with Gasteiger partial charge in [-0.1, -0.05) is 36.4 Å². The van der Waals surface area contributed by atoms with Crippen molar-refractivity contribution < 1.29 is 14.0 Å². The molecule has 0 saturated heterocycles. The van der Waals surface area contributed by atoms with E-state index in [9.17, 15) is 14.0 Å². The number of allylic oxidation sites excluding steroid dienone is 1. The fourth-order valence-electron chi connectivity index (χ4n) is 2.94. The van der Waals surface area contributed by atoms with Gasteiger partial charge in [0.05, 0.1) is 5.52 Å². The summed E-state index contributed by atoms with van der Waals surface area (Å²) in [5.41, 5.74) is 2.74. The SMILES string of the molecule is CC(=O)/C=C/c1cc(F)cc2c1c(C(C)=O)cn2Cc1ccccc1. The Morgan fingerprint density at radius 3 is 2.48 bits per heavy atom. The van der Waals surface area contributed by atoms with Gasteiger partial charge in [0.25, 0.3) is 0 Å². The van der Waals surface area contributed by atoms with Gasteiger partial charge in [-0.05, 0) is 43.2 Å². The summed E-state index contributed by atoms with van der Waals surface area (Å²) in [6, 6.07) is 12.5. The smallest absolute Gasteiger partial charge is 0.161 e. The van der Waals surface area contributed by atoms with Crippen LogP contribution in [0.4, 0.5) is 4.39 Å². The van der Waals surface area contributed by atoms with Crippen molar-refractivity contribution in [3.05, 3.63) is 77.2 Å². The highest BCUT2D eigenvalue weighted by molar-refractivity contribution is 6.10. The number of hydrogen-bond donors (Lipinski definition) is 0. The van der Waals surface area contributed by atoms with E-state index in [0.717, 1.165) is 5.56 Å². The maximum absolute atomic E-state index is 14.1.